The zero-order valence-corrected chi connectivity index (χ0v) is 15.8. The third kappa shape index (κ3) is 3.83. The number of benzene rings is 1. The Bertz CT molecular complexity index is 787. The first-order chi connectivity index (χ1) is 13.1. The van der Waals surface area contributed by atoms with E-state index < -0.39 is 0 Å². The Labute approximate surface area is 159 Å². The molecule has 1 aromatic carbocycles. The van der Waals surface area contributed by atoms with Crippen LogP contribution in [0.5, 0.6) is 5.75 Å². The molecule has 3 heterocycles. The zero-order chi connectivity index (χ0) is 18.8. The smallest absolute Gasteiger partial charge is 0.253 e. The van der Waals surface area contributed by atoms with Gasteiger partial charge in [0.15, 0.2) is 0 Å². The SMILES string of the molecule is Cn1c(CN2CCCC2)nnc1C1CCN(C(=O)c2ccc(O)cc2)CC1. The first-order valence-electron chi connectivity index (χ1n) is 9.80. The fraction of sp³-hybridized carbons (Fsp3) is 0.550. The third-order valence-electron chi connectivity index (χ3n) is 5.82. The lowest BCUT2D eigenvalue weighted by atomic mass is 9.95. The van der Waals surface area contributed by atoms with Crippen LogP contribution in [0.3, 0.4) is 0 Å². The van der Waals surface area contributed by atoms with Crippen molar-refractivity contribution in [1.29, 1.82) is 0 Å². The molecule has 7 nitrogen and oxygen atoms in total. The molecule has 2 fully saturated rings. The van der Waals surface area contributed by atoms with Crippen molar-refractivity contribution in [1.82, 2.24) is 24.6 Å². The molecule has 7 heteroatoms. The van der Waals surface area contributed by atoms with E-state index in [-0.39, 0.29) is 11.7 Å². The van der Waals surface area contributed by atoms with E-state index in [4.69, 9.17) is 0 Å². The molecule has 0 atom stereocenters. The van der Waals surface area contributed by atoms with Crippen molar-refractivity contribution < 1.29 is 9.90 Å². The molecule has 1 amide bonds. The predicted octanol–water partition coefficient (Wildman–Crippen LogP) is 2.14. The molecule has 2 aliphatic heterocycles. The van der Waals surface area contributed by atoms with E-state index in [0.29, 0.717) is 11.5 Å². The van der Waals surface area contributed by atoms with E-state index in [1.807, 2.05) is 4.90 Å². The van der Waals surface area contributed by atoms with Gasteiger partial charge in [-0.3, -0.25) is 9.69 Å². The second kappa shape index (κ2) is 7.68. The molecule has 0 radical (unpaired) electrons. The maximum Gasteiger partial charge on any atom is 0.253 e. The molecule has 1 aromatic heterocycles. The largest absolute Gasteiger partial charge is 0.508 e. The van der Waals surface area contributed by atoms with Gasteiger partial charge in [-0.1, -0.05) is 0 Å². The first kappa shape index (κ1) is 18.0. The summed E-state index contributed by atoms with van der Waals surface area (Å²) in [4.78, 5) is 17.0. The molecule has 0 bridgehead atoms. The van der Waals surface area contributed by atoms with Gasteiger partial charge in [-0.05, 0) is 63.0 Å². The van der Waals surface area contributed by atoms with Crippen LogP contribution in [-0.4, -0.2) is 61.8 Å². The third-order valence-corrected chi connectivity index (χ3v) is 5.82. The molecule has 0 spiro atoms. The zero-order valence-electron chi connectivity index (χ0n) is 15.8. The Morgan fingerprint density at radius 2 is 1.74 bits per heavy atom. The second-order valence-corrected chi connectivity index (χ2v) is 7.63. The summed E-state index contributed by atoms with van der Waals surface area (Å²) in [6.07, 6.45) is 4.36. The van der Waals surface area contributed by atoms with Crippen LogP contribution in [0.15, 0.2) is 24.3 Å². The number of likely N-dealkylation sites (tertiary alicyclic amines) is 2. The lowest BCUT2D eigenvalue weighted by Crippen LogP contribution is -2.38. The summed E-state index contributed by atoms with van der Waals surface area (Å²) < 4.78 is 2.15. The monoisotopic (exact) mass is 369 g/mol. The standard InChI is InChI=1S/C20H27N5O2/c1-23-18(14-24-10-2-3-11-24)21-22-19(23)15-8-12-25(13-9-15)20(27)16-4-6-17(26)7-5-16/h4-7,15,26H,2-3,8-14H2,1H3. The molecule has 144 valence electrons. The fourth-order valence-electron chi connectivity index (χ4n) is 4.14. The lowest BCUT2D eigenvalue weighted by molar-refractivity contribution is 0.0710. The number of hydrogen-bond donors (Lipinski definition) is 1. The van der Waals surface area contributed by atoms with Crippen LogP contribution in [-0.2, 0) is 13.6 Å². The Hall–Kier alpha value is -2.41. The van der Waals surface area contributed by atoms with Crippen LogP contribution < -0.4 is 0 Å². The topological polar surface area (TPSA) is 74.5 Å². The number of hydrogen-bond acceptors (Lipinski definition) is 5. The Morgan fingerprint density at radius 3 is 2.41 bits per heavy atom. The normalized spacial score (nSPS) is 18.9. The van der Waals surface area contributed by atoms with Gasteiger partial charge in [0.05, 0.1) is 6.54 Å². The van der Waals surface area contributed by atoms with Crippen molar-refractivity contribution in [2.24, 2.45) is 7.05 Å². The van der Waals surface area contributed by atoms with Crippen molar-refractivity contribution in [2.45, 2.75) is 38.1 Å². The molecule has 2 saturated heterocycles. The highest BCUT2D eigenvalue weighted by molar-refractivity contribution is 5.94. The highest BCUT2D eigenvalue weighted by Gasteiger charge is 2.28. The maximum atomic E-state index is 12.6. The van der Waals surface area contributed by atoms with E-state index in [1.165, 1.54) is 12.8 Å². The van der Waals surface area contributed by atoms with Gasteiger partial charge in [-0.25, -0.2) is 0 Å². The fourth-order valence-corrected chi connectivity index (χ4v) is 4.14. The average Bonchev–Trinajstić information content (AvgIpc) is 3.33. The van der Waals surface area contributed by atoms with E-state index in [0.717, 1.165) is 57.2 Å². The van der Waals surface area contributed by atoms with E-state index in [1.54, 1.807) is 24.3 Å². The molecule has 0 saturated carbocycles. The Morgan fingerprint density at radius 1 is 1.07 bits per heavy atom. The number of carbonyl (C=O) groups is 1. The van der Waals surface area contributed by atoms with Crippen LogP contribution in [0.1, 0.15) is 53.6 Å². The van der Waals surface area contributed by atoms with E-state index in [9.17, 15) is 9.90 Å². The van der Waals surface area contributed by atoms with Gasteiger partial charge >= 0.3 is 0 Å². The molecule has 2 aromatic rings. The van der Waals surface area contributed by atoms with Crippen LogP contribution in [0.4, 0.5) is 0 Å². The number of rotatable bonds is 4. The van der Waals surface area contributed by atoms with E-state index >= 15 is 0 Å². The summed E-state index contributed by atoms with van der Waals surface area (Å²) in [7, 11) is 2.06. The van der Waals surface area contributed by atoms with Crippen molar-refractivity contribution in [3.8, 4) is 5.75 Å². The Balaban J connectivity index is 1.37. The molecule has 0 unspecified atom stereocenters. The highest BCUT2D eigenvalue weighted by Crippen LogP contribution is 2.28. The van der Waals surface area contributed by atoms with E-state index in [2.05, 4.69) is 26.7 Å². The molecule has 2 aliphatic rings. The summed E-state index contributed by atoms with van der Waals surface area (Å²) in [5.74, 6) is 2.63. The Kier molecular flexibility index (Phi) is 5.11. The summed E-state index contributed by atoms with van der Waals surface area (Å²) >= 11 is 0. The van der Waals surface area contributed by atoms with Gasteiger partial charge in [0.2, 0.25) is 0 Å². The van der Waals surface area contributed by atoms with Crippen LogP contribution in [0.2, 0.25) is 0 Å². The minimum absolute atomic E-state index is 0.0288. The second-order valence-electron chi connectivity index (χ2n) is 7.63. The van der Waals surface area contributed by atoms with Crippen molar-refractivity contribution in [3.05, 3.63) is 41.5 Å². The van der Waals surface area contributed by atoms with Crippen molar-refractivity contribution in [3.63, 3.8) is 0 Å². The molecular weight excluding hydrogens is 342 g/mol. The number of phenols is 1. The number of amides is 1. The highest BCUT2D eigenvalue weighted by atomic mass is 16.3. The predicted molar refractivity (Wildman–Crippen MR) is 101 cm³/mol. The number of aromatic hydroxyl groups is 1. The molecule has 0 aliphatic carbocycles. The number of phenolic OH excluding ortho intramolecular Hbond substituents is 1. The first-order valence-corrected chi connectivity index (χ1v) is 9.80. The van der Waals surface area contributed by atoms with Crippen LogP contribution in [0.25, 0.3) is 0 Å². The number of piperidine rings is 1. The van der Waals surface area contributed by atoms with Gasteiger partial charge in [0.1, 0.15) is 17.4 Å². The van der Waals surface area contributed by atoms with Crippen molar-refractivity contribution >= 4 is 5.91 Å². The number of aromatic nitrogens is 3. The van der Waals surface area contributed by atoms with Gasteiger partial charge in [0.25, 0.3) is 5.91 Å². The summed E-state index contributed by atoms with van der Waals surface area (Å²) in [6, 6.07) is 6.47. The quantitative estimate of drug-likeness (QED) is 0.894. The van der Waals surface area contributed by atoms with Crippen LogP contribution >= 0.6 is 0 Å². The summed E-state index contributed by atoms with van der Waals surface area (Å²) in [6.45, 7) is 4.62. The minimum Gasteiger partial charge on any atom is -0.508 e. The van der Waals surface area contributed by atoms with Gasteiger partial charge < -0.3 is 14.6 Å². The lowest BCUT2D eigenvalue weighted by Gasteiger charge is -2.31. The average molecular weight is 369 g/mol. The molecule has 1 N–H and O–H groups in total. The number of carbonyl (C=O) groups excluding carboxylic acids is 1. The number of nitrogens with zero attached hydrogens (tertiary/aromatic N) is 5. The molecular formula is C20H27N5O2. The molecule has 27 heavy (non-hydrogen) atoms. The van der Waals surface area contributed by atoms with Gasteiger partial charge in [-0.15, -0.1) is 10.2 Å². The summed E-state index contributed by atoms with van der Waals surface area (Å²) in [5.41, 5.74) is 0.623. The van der Waals surface area contributed by atoms with Gasteiger partial charge in [-0.2, -0.15) is 0 Å². The maximum absolute atomic E-state index is 12.6. The molecule has 4 rings (SSSR count). The summed E-state index contributed by atoms with van der Waals surface area (Å²) in [5, 5.41) is 18.3. The van der Waals surface area contributed by atoms with Crippen molar-refractivity contribution in [2.75, 3.05) is 26.2 Å². The minimum atomic E-state index is 0.0288. The van der Waals surface area contributed by atoms with Gasteiger partial charge in [0, 0.05) is 31.6 Å². The van der Waals surface area contributed by atoms with Crippen LogP contribution in [0, 0.1) is 0 Å².